The molecule has 0 unspecified atom stereocenters. The smallest absolute Gasteiger partial charge is 0.434 e. The Morgan fingerprint density at radius 1 is 0.971 bits per heavy atom. The molecule has 1 aliphatic heterocycles. The van der Waals surface area contributed by atoms with Crippen LogP contribution in [-0.4, -0.2) is 52.7 Å². The number of nitrogens with one attached hydrogen (secondary N) is 1. The van der Waals surface area contributed by atoms with Gasteiger partial charge in [0.2, 0.25) is 5.95 Å². The van der Waals surface area contributed by atoms with E-state index in [4.69, 9.17) is 4.74 Å². The predicted octanol–water partition coefficient (Wildman–Crippen LogP) is 5.59. The van der Waals surface area contributed by atoms with Gasteiger partial charge < -0.3 is 19.9 Å². The molecule has 2 aromatic carbocycles. The fourth-order valence-corrected chi connectivity index (χ4v) is 3.73. The maximum Gasteiger partial charge on any atom is 0.434 e. The lowest BCUT2D eigenvalue weighted by Gasteiger charge is -2.36. The molecular formula is C24H25F4N5O2. The molecule has 3 aromatic rings. The number of fused-ring (bicyclic) bond motifs is 1. The molecular weight excluding hydrogens is 466 g/mol. The van der Waals surface area contributed by atoms with E-state index in [1.807, 2.05) is 32.9 Å². The molecule has 0 radical (unpaired) electrons. The summed E-state index contributed by atoms with van der Waals surface area (Å²) < 4.78 is 59.4. The van der Waals surface area contributed by atoms with E-state index >= 15 is 0 Å². The Balaban J connectivity index is 1.45. The van der Waals surface area contributed by atoms with E-state index in [-0.39, 0.29) is 17.6 Å². The van der Waals surface area contributed by atoms with Gasteiger partial charge in [0.1, 0.15) is 11.4 Å². The third-order valence-corrected chi connectivity index (χ3v) is 5.35. The van der Waals surface area contributed by atoms with Crippen LogP contribution in [0.1, 0.15) is 26.5 Å². The predicted molar refractivity (Wildman–Crippen MR) is 124 cm³/mol. The molecule has 1 fully saturated rings. The number of aromatic nitrogens is 2. The molecule has 1 aliphatic rings. The molecule has 11 heteroatoms. The summed E-state index contributed by atoms with van der Waals surface area (Å²) >= 11 is 0. The van der Waals surface area contributed by atoms with Crippen LogP contribution in [0.2, 0.25) is 0 Å². The number of carbonyl (C=O) groups excluding carboxylic acids is 1. The maximum absolute atomic E-state index is 13.5. The van der Waals surface area contributed by atoms with Crippen LogP contribution in [0, 0.1) is 5.82 Å². The molecule has 1 aromatic heterocycles. The molecule has 0 atom stereocenters. The van der Waals surface area contributed by atoms with Crippen molar-refractivity contribution >= 4 is 34.3 Å². The number of nitrogens with zero attached hydrogens (tertiary/aromatic N) is 4. The molecule has 1 saturated heterocycles. The van der Waals surface area contributed by atoms with Crippen LogP contribution in [0.5, 0.6) is 0 Å². The number of hydrogen-bond acceptors (Lipinski definition) is 6. The lowest BCUT2D eigenvalue weighted by atomic mass is 10.1. The highest BCUT2D eigenvalue weighted by molar-refractivity contribution is 5.83. The first-order valence-corrected chi connectivity index (χ1v) is 11.0. The van der Waals surface area contributed by atoms with Gasteiger partial charge in [-0.15, -0.1) is 0 Å². The van der Waals surface area contributed by atoms with Gasteiger partial charge in [0.25, 0.3) is 0 Å². The van der Waals surface area contributed by atoms with Gasteiger partial charge in [0, 0.05) is 42.9 Å². The van der Waals surface area contributed by atoms with E-state index < -0.39 is 28.7 Å². The normalized spacial score (nSPS) is 14.8. The highest BCUT2D eigenvalue weighted by Gasteiger charge is 2.36. The zero-order valence-electron chi connectivity index (χ0n) is 19.5. The Morgan fingerprint density at radius 2 is 1.63 bits per heavy atom. The molecule has 2 heterocycles. The monoisotopic (exact) mass is 491 g/mol. The highest BCUT2D eigenvalue weighted by Crippen LogP contribution is 2.34. The van der Waals surface area contributed by atoms with Crippen molar-refractivity contribution in [1.82, 2.24) is 14.9 Å². The van der Waals surface area contributed by atoms with Gasteiger partial charge in [-0.05, 0) is 63.2 Å². The summed E-state index contributed by atoms with van der Waals surface area (Å²) in [5, 5.41) is 2.39. The molecule has 7 nitrogen and oxygen atoms in total. The van der Waals surface area contributed by atoms with Gasteiger partial charge >= 0.3 is 12.3 Å². The fraction of sp³-hybridized carbons (Fsp3) is 0.375. The lowest BCUT2D eigenvalue weighted by molar-refractivity contribution is -0.139. The van der Waals surface area contributed by atoms with Gasteiger partial charge in [-0.2, -0.15) is 13.2 Å². The minimum atomic E-state index is -4.77. The van der Waals surface area contributed by atoms with E-state index in [1.165, 1.54) is 6.07 Å². The summed E-state index contributed by atoms with van der Waals surface area (Å²) in [6, 6.07) is 10.1. The van der Waals surface area contributed by atoms with Gasteiger partial charge in [-0.25, -0.2) is 19.2 Å². The number of anilines is 3. The molecule has 35 heavy (non-hydrogen) atoms. The van der Waals surface area contributed by atoms with Gasteiger partial charge in [-0.1, -0.05) is 0 Å². The minimum absolute atomic E-state index is 0.0179. The van der Waals surface area contributed by atoms with Crippen molar-refractivity contribution in [3.8, 4) is 0 Å². The molecule has 0 spiro atoms. The third kappa shape index (κ3) is 5.90. The van der Waals surface area contributed by atoms with Gasteiger partial charge in [-0.3, -0.25) is 0 Å². The first-order chi connectivity index (χ1) is 16.4. The fourth-order valence-electron chi connectivity index (χ4n) is 3.73. The number of rotatable bonds is 3. The Labute approximate surface area is 199 Å². The Bertz CT molecular complexity index is 1220. The number of hydrogen-bond donors (Lipinski definition) is 1. The Hall–Kier alpha value is -3.63. The number of carbonyl (C=O) groups is 1. The first kappa shape index (κ1) is 24.5. The average Bonchev–Trinajstić information content (AvgIpc) is 2.78. The van der Waals surface area contributed by atoms with E-state index in [0.29, 0.717) is 31.9 Å². The number of piperazine rings is 1. The zero-order valence-corrected chi connectivity index (χ0v) is 19.5. The molecule has 0 saturated carbocycles. The van der Waals surface area contributed by atoms with Crippen LogP contribution in [-0.2, 0) is 10.9 Å². The maximum atomic E-state index is 13.5. The Morgan fingerprint density at radius 3 is 2.23 bits per heavy atom. The molecule has 0 aliphatic carbocycles. The minimum Gasteiger partial charge on any atom is -0.444 e. The average molecular weight is 491 g/mol. The van der Waals surface area contributed by atoms with E-state index in [1.54, 1.807) is 17.0 Å². The topological polar surface area (TPSA) is 70.6 Å². The van der Waals surface area contributed by atoms with Crippen molar-refractivity contribution < 1.29 is 27.1 Å². The number of alkyl halides is 3. The molecule has 1 amide bonds. The molecule has 186 valence electrons. The summed E-state index contributed by atoms with van der Waals surface area (Å²) in [4.78, 5) is 23.7. The van der Waals surface area contributed by atoms with Crippen LogP contribution in [0.4, 0.5) is 39.7 Å². The second kappa shape index (κ2) is 9.20. The highest BCUT2D eigenvalue weighted by atomic mass is 19.4. The largest absolute Gasteiger partial charge is 0.444 e. The summed E-state index contributed by atoms with van der Waals surface area (Å²) in [5.41, 5.74) is -0.372. The SMILES string of the molecule is CC(C)(C)OC(=O)N1CCN(c2ccc(Nc3nc(C(F)(F)F)c4cc(F)ccc4n3)cc2)CC1. The quantitative estimate of drug-likeness (QED) is 0.482. The number of ether oxygens (including phenoxy) is 1. The van der Waals surface area contributed by atoms with Crippen molar-refractivity contribution in [2.24, 2.45) is 0 Å². The summed E-state index contributed by atoms with van der Waals surface area (Å²) in [5.74, 6) is -1.04. The van der Waals surface area contributed by atoms with Crippen LogP contribution in [0.3, 0.4) is 0 Å². The van der Waals surface area contributed by atoms with E-state index in [0.717, 1.165) is 17.8 Å². The summed E-state index contributed by atoms with van der Waals surface area (Å²) in [6.07, 6.45) is -5.11. The Kier molecular flexibility index (Phi) is 6.44. The van der Waals surface area contributed by atoms with E-state index in [9.17, 15) is 22.4 Å². The van der Waals surface area contributed by atoms with Crippen LogP contribution >= 0.6 is 0 Å². The number of amides is 1. The van der Waals surface area contributed by atoms with Crippen molar-refractivity contribution in [3.63, 3.8) is 0 Å². The number of benzene rings is 2. The second-order valence-electron chi connectivity index (χ2n) is 9.18. The first-order valence-electron chi connectivity index (χ1n) is 11.0. The van der Waals surface area contributed by atoms with Crippen LogP contribution in [0.25, 0.3) is 10.9 Å². The van der Waals surface area contributed by atoms with Gasteiger partial charge in [0.15, 0.2) is 5.69 Å². The molecule has 4 rings (SSSR count). The second-order valence-corrected chi connectivity index (χ2v) is 9.18. The van der Waals surface area contributed by atoms with Gasteiger partial charge in [0.05, 0.1) is 5.52 Å². The zero-order chi connectivity index (χ0) is 25.4. The van der Waals surface area contributed by atoms with Crippen LogP contribution < -0.4 is 10.2 Å². The van der Waals surface area contributed by atoms with E-state index in [2.05, 4.69) is 20.2 Å². The van der Waals surface area contributed by atoms with Crippen molar-refractivity contribution in [3.05, 3.63) is 54.0 Å². The third-order valence-electron chi connectivity index (χ3n) is 5.35. The van der Waals surface area contributed by atoms with Crippen LogP contribution in [0.15, 0.2) is 42.5 Å². The summed E-state index contributed by atoms with van der Waals surface area (Å²) in [6.45, 7) is 7.73. The number of halogens is 4. The standard InChI is InChI=1S/C24H25F4N5O2/c1-23(2,3)35-22(34)33-12-10-32(11-13-33)17-7-5-16(6-8-17)29-21-30-19-9-4-15(25)14-18(19)20(31-21)24(26,27)28/h4-9,14H,10-13H2,1-3H3,(H,29,30,31). The lowest BCUT2D eigenvalue weighted by Crippen LogP contribution is -2.50. The van der Waals surface area contributed by atoms with Crippen molar-refractivity contribution in [1.29, 1.82) is 0 Å². The van der Waals surface area contributed by atoms with Crippen molar-refractivity contribution in [2.75, 3.05) is 36.4 Å². The summed E-state index contributed by atoms with van der Waals surface area (Å²) in [7, 11) is 0. The van der Waals surface area contributed by atoms with Crippen molar-refractivity contribution in [2.45, 2.75) is 32.5 Å². The molecule has 0 bridgehead atoms. The molecule has 1 N–H and O–H groups in total.